The number of amides is 1. The van der Waals surface area contributed by atoms with Crippen molar-refractivity contribution in [3.63, 3.8) is 0 Å². The molecule has 35 heavy (non-hydrogen) atoms. The quantitative estimate of drug-likeness (QED) is 0.257. The molecule has 2 N–H and O–H groups in total. The van der Waals surface area contributed by atoms with Crippen LogP contribution in [0.25, 0.3) is 0 Å². The van der Waals surface area contributed by atoms with E-state index in [0.717, 1.165) is 50.9 Å². The van der Waals surface area contributed by atoms with Crippen LogP contribution in [0.2, 0.25) is 0 Å². The third-order valence-corrected chi connectivity index (χ3v) is 6.13. The van der Waals surface area contributed by atoms with E-state index in [4.69, 9.17) is 0 Å². The summed E-state index contributed by atoms with van der Waals surface area (Å²) in [5.74, 6) is -1.00. The Balaban J connectivity index is 1.68. The zero-order chi connectivity index (χ0) is 25.4. The van der Waals surface area contributed by atoms with Gasteiger partial charge in [0.05, 0.1) is 16.9 Å². The molecular formula is C26H32F5N3O. The Morgan fingerprint density at radius 1 is 1.03 bits per heavy atom. The standard InChI is InChI=1S/C26H32F5N3O/c1-2-3-4-7-21(27)24(28)25(35)33-22-13-12-20(16-23(22)34-14-5-6-15-34)32-17-18-8-10-19(11-9-18)26(29,30)31/h8-13,16,21,24,32H,2-7,14-15,17H2,1H3,(H,33,35). The molecule has 0 aromatic heterocycles. The van der Waals surface area contributed by atoms with Crippen LogP contribution in [0.4, 0.5) is 39.0 Å². The number of carbonyl (C=O) groups excluding carboxylic acids is 1. The molecule has 192 valence electrons. The van der Waals surface area contributed by atoms with Gasteiger partial charge in [-0.3, -0.25) is 4.79 Å². The van der Waals surface area contributed by atoms with Gasteiger partial charge in [0.25, 0.3) is 5.91 Å². The van der Waals surface area contributed by atoms with Gasteiger partial charge in [0.1, 0.15) is 6.17 Å². The van der Waals surface area contributed by atoms with Crippen molar-refractivity contribution in [2.24, 2.45) is 0 Å². The number of nitrogens with one attached hydrogen (secondary N) is 2. The van der Waals surface area contributed by atoms with Gasteiger partial charge in [-0.05, 0) is 55.2 Å². The summed E-state index contributed by atoms with van der Waals surface area (Å²) in [7, 11) is 0. The second-order valence-corrected chi connectivity index (χ2v) is 8.88. The molecule has 1 aliphatic heterocycles. The largest absolute Gasteiger partial charge is 0.416 e. The molecule has 1 heterocycles. The monoisotopic (exact) mass is 497 g/mol. The van der Waals surface area contributed by atoms with E-state index in [9.17, 15) is 26.7 Å². The zero-order valence-corrected chi connectivity index (χ0v) is 19.8. The highest BCUT2D eigenvalue weighted by Crippen LogP contribution is 2.33. The molecule has 0 spiro atoms. The predicted octanol–water partition coefficient (Wildman–Crippen LogP) is 7.11. The molecule has 2 aromatic rings. The minimum atomic E-state index is -4.38. The van der Waals surface area contributed by atoms with Crippen LogP contribution in [0.15, 0.2) is 42.5 Å². The molecule has 9 heteroatoms. The molecule has 0 bridgehead atoms. The van der Waals surface area contributed by atoms with Crippen LogP contribution in [0.3, 0.4) is 0 Å². The molecule has 2 unspecified atom stereocenters. The van der Waals surface area contributed by atoms with Crippen LogP contribution in [0, 0.1) is 0 Å². The summed E-state index contributed by atoms with van der Waals surface area (Å²) >= 11 is 0. The van der Waals surface area contributed by atoms with Crippen LogP contribution in [-0.2, 0) is 17.5 Å². The lowest BCUT2D eigenvalue weighted by molar-refractivity contribution is -0.137. The Morgan fingerprint density at radius 2 is 1.71 bits per heavy atom. The highest BCUT2D eigenvalue weighted by atomic mass is 19.4. The molecule has 0 aliphatic carbocycles. The Morgan fingerprint density at radius 3 is 2.34 bits per heavy atom. The normalized spacial score (nSPS) is 15.7. The lowest BCUT2D eigenvalue weighted by Crippen LogP contribution is -2.33. The zero-order valence-electron chi connectivity index (χ0n) is 19.8. The van der Waals surface area contributed by atoms with Gasteiger partial charge in [-0.2, -0.15) is 13.2 Å². The Bertz CT molecular complexity index is 958. The molecule has 2 atom stereocenters. The molecule has 0 saturated carbocycles. The van der Waals surface area contributed by atoms with E-state index in [0.29, 0.717) is 35.6 Å². The summed E-state index contributed by atoms with van der Waals surface area (Å²) in [6, 6.07) is 10.1. The number of anilines is 3. The van der Waals surface area contributed by atoms with E-state index < -0.39 is 30.0 Å². The third-order valence-electron chi connectivity index (χ3n) is 6.13. The molecule has 2 aromatic carbocycles. The van der Waals surface area contributed by atoms with Gasteiger partial charge in [-0.15, -0.1) is 0 Å². The van der Waals surface area contributed by atoms with Crippen molar-refractivity contribution in [2.45, 2.75) is 70.5 Å². The lowest BCUT2D eigenvalue weighted by atomic mass is 10.1. The number of halogens is 5. The van der Waals surface area contributed by atoms with E-state index >= 15 is 0 Å². The number of carbonyl (C=O) groups is 1. The highest BCUT2D eigenvalue weighted by molar-refractivity contribution is 5.98. The van der Waals surface area contributed by atoms with E-state index in [-0.39, 0.29) is 6.42 Å². The number of benzene rings is 2. The van der Waals surface area contributed by atoms with E-state index in [1.165, 1.54) is 12.1 Å². The lowest BCUT2D eigenvalue weighted by Gasteiger charge is -2.24. The van der Waals surface area contributed by atoms with E-state index in [2.05, 4.69) is 15.5 Å². The average Bonchev–Trinajstić information content (AvgIpc) is 3.37. The van der Waals surface area contributed by atoms with Crippen LogP contribution in [-0.4, -0.2) is 31.3 Å². The maximum Gasteiger partial charge on any atom is 0.416 e. The fourth-order valence-electron chi connectivity index (χ4n) is 4.08. The summed E-state index contributed by atoms with van der Waals surface area (Å²) in [4.78, 5) is 14.5. The number of unbranched alkanes of at least 4 members (excludes halogenated alkanes) is 2. The first-order valence-electron chi connectivity index (χ1n) is 12.1. The van der Waals surface area contributed by atoms with Crippen molar-refractivity contribution in [1.82, 2.24) is 0 Å². The molecule has 1 fully saturated rings. The van der Waals surface area contributed by atoms with E-state index in [1.807, 2.05) is 13.0 Å². The summed E-state index contributed by atoms with van der Waals surface area (Å²) in [5, 5.41) is 5.73. The maximum absolute atomic E-state index is 14.4. The summed E-state index contributed by atoms with van der Waals surface area (Å²) in [6.07, 6.45) is -4.30. The van der Waals surface area contributed by atoms with Gasteiger partial charge in [0.2, 0.25) is 6.17 Å². The Hall–Kier alpha value is -2.84. The number of nitrogens with zero attached hydrogens (tertiary/aromatic N) is 1. The minimum absolute atomic E-state index is 0.00815. The topological polar surface area (TPSA) is 44.4 Å². The first-order valence-corrected chi connectivity index (χ1v) is 12.1. The first-order chi connectivity index (χ1) is 16.7. The fraction of sp³-hybridized carbons (Fsp3) is 0.500. The molecule has 1 saturated heterocycles. The minimum Gasteiger partial charge on any atom is -0.381 e. The number of hydrogen-bond acceptors (Lipinski definition) is 3. The van der Waals surface area contributed by atoms with Crippen LogP contribution in [0.5, 0.6) is 0 Å². The van der Waals surface area contributed by atoms with E-state index in [1.54, 1.807) is 12.1 Å². The molecule has 4 nitrogen and oxygen atoms in total. The second kappa shape index (κ2) is 12.2. The summed E-state index contributed by atoms with van der Waals surface area (Å²) < 4.78 is 66.9. The molecule has 1 aliphatic rings. The van der Waals surface area contributed by atoms with Crippen LogP contribution < -0.4 is 15.5 Å². The molecule has 0 radical (unpaired) electrons. The summed E-state index contributed by atoms with van der Waals surface area (Å²) in [6.45, 7) is 3.81. The van der Waals surface area contributed by atoms with Crippen molar-refractivity contribution in [3.05, 3.63) is 53.6 Å². The number of rotatable bonds is 11. The van der Waals surface area contributed by atoms with Crippen molar-refractivity contribution in [2.75, 3.05) is 28.6 Å². The Kier molecular flexibility index (Phi) is 9.34. The smallest absolute Gasteiger partial charge is 0.381 e. The van der Waals surface area contributed by atoms with Crippen LogP contribution >= 0.6 is 0 Å². The van der Waals surface area contributed by atoms with Gasteiger partial charge in [-0.25, -0.2) is 8.78 Å². The van der Waals surface area contributed by atoms with Gasteiger partial charge in [-0.1, -0.05) is 38.3 Å². The average molecular weight is 498 g/mol. The van der Waals surface area contributed by atoms with Crippen molar-refractivity contribution in [1.29, 1.82) is 0 Å². The van der Waals surface area contributed by atoms with Gasteiger partial charge >= 0.3 is 6.18 Å². The van der Waals surface area contributed by atoms with Gasteiger partial charge < -0.3 is 15.5 Å². The van der Waals surface area contributed by atoms with Crippen LogP contribution in [0.1, 0.15) is 56.6 Å². The third kappa shape index (κ3) is 7.57. The molecule has 3 rings (SSSR count). The fourth-order valence-corrected chi connectivity index (χ4v) is 4.08. The molecule has 1 amide bonds. The summed E-state index contributed by atoms with van der Waals surface area (Å²) in [5.41, 5.74) is 1.77. The SMILES string of the molecule is CCCCCC(F)C(F)C(=O)Nc1ccc(NCc2ccc(C(F)(F)F)cc2)cc1N1CCCC1. The van der Waals surface area contributed by atoms with Gasteiger partial charge in [0.15, 0.2) is 0 Å². The van der Waals surface area contributed by atoms with Crippen molar-refractivity contribution in [3.8, 4) is 0 Å². The molecular weight excluding hydrogens is 465 g/mol. The number of alkyl halides is 5. The highest BCUT2D eigenvalue weighted by Gasteiger charge is 2.30. The second-order valence-electron chi connectivity index (χ2n) is 8.88. The Labute approximate surface area is 202 Å². The first kappa shape index (κ1) is 26.8. The van der Waals surface area contributed by atoms with Gasteiger partial charge in [0, 0.05) is 25.3 Å². The number of hydrogen-bond donors (Lipinski definition) is 2. The maximum atomic E-state index is 14.4. The van der Waals surface area contributed by atoms with Crippen molar-refractivity contribution >= 4 is 23.0 Å². The predicted molar refractivity (Wildman–Crippen MR) is 129 cm³/mol. The van der Waals surface area contributed by atoms with Crippen molar-refractivity contribution < 1.29 is 26.7 Å².